The quantitative estimate of drug-likeness (QED) is 0.357. The summed E-state index contributed by atoms with van der Waals surface area (Å²) < 4.78 is 20.7. The van der Waals surface area contributed by atoms with E-state index in [1.54, 1.807) is 30.2 Å². The molecule has 2 aromatic carbocycles. The molecule has 0 saturated carbocycles. The first kappa shape index (κ1) is 26.3. The van der Waals surface area contributed by atoms with Crippen molar-refractivity contribution in [3.63, 3.8) is 0 Å². The van der Waals surface area contributed by atoms with Crippen LogP contribution in [0.1, 0.15) is 36.2 Å². The van der Waals surface area contributed by atoms with Gasteiger partial charge in [-0.2, -0.15) is 0 Å². The lowest BCUT2D eigenvalue weighted by Gasteiger charge is -2.23. The van der Waals surface area contributed by atoms with Crippen LogP contribution in [0, 0.1) is 18.2 Å². The van der Waals surface area contributed by atoms with Crippen molar-refractivity contribution in [2.45, 2.75) is 44.7 Å². The number of benzene rings is 2. The summed E-state index contributed by atoms with van der Waals surface area (Å²) in [5.74, 6) is 2.80. The minimum Gasteiger partial charge on any atom is -0.497 e. The Kier molecular flexibility index (Phi) is 6.79. The van der Waals surface area contributed by atoms with Gasteiger partial charge in [0.15, 0.2) is 0 Å². The Labute approximate surface area is 226 Å². The lowest BCUT2D eigenvalue weighted by atomic mass is 9.91. The van der Waals surface area contributed by atoms with Crippen molar-refractivity contribution in [3.8, 4) is 18.1 Å². The standard InChI is InChI=1S/C31H31FN4O3/c1-5-12-35-17-21(24-16-23(39-4)10-11-26(24)35)14-25(33)30(38)36-18-31(2,3)28-27(36)15-20(29(37)34-28)13-19-6-8-22(32)9-7-19/h1,6-11,15-17,25H,12-14,18,33H2,2-4H3,(H,34,37)/t25-/m0/s1. The number of rotatable bonds is 7. The van der Waals surface area contributed by atoms with E-state index >= 15 is 0 Å². The van der Waals surface area contributed by atoms with Gasteiger partial charge < -0.3 is 24.9 Å². The number of carbonyl (C=O) groups is 1. The summed E-state index contributed by atoms with van der Waals surface area (Å²) in [6, 6.07) is 12.7. The minimum atomic E-state index is -0.824. The summed E-state index contributed by atoms with van der Waals surface area (Å²) in [6.07, 6.45) is 8.13. The maximum atomic E-state index is 13.8. The topological polar surface area (TPSA) is 93.4 Å². The number of terminal acetylenes is 1. The van der Waals surface area contributed by atoms with Crippen LogP contribution in [0.25, 0.3) is 10.9 Å². The number of aromatic amines is 1. The summed E-state index contributed by atoms with van der Waals surface area (Å²) in [6.45, 7) is 4.75. The molecule has 0 unspecified atom stereocenters. The molecule has 5 rings (SSSR count). The normalized spacial score (nSPS) is 14.7. The predicted molar refractivity (Wildman–Crippen MR) is 151 cm³/mol. The molecule has 39 heavy (non-hydrogen) atoms. The van der Waals surface area contributed by atoms with Gasteiger partial charge in [0.2, 0.25) is 5.91 Å². The highest BCUT2D eigenvalue weighted by atomic mass is 19.1. The number of fused-ring (bicyclic) bond motifs is 2. The van der Waals surface area contributed by atoms with E-state index in [0.717, 1.165) is 22.0 Å². The molecule has 4 aromatic rings. The number of nitrogens with one attached hydrogen (secondary N) is 1. The molecule has 1 aliphatic heterocycles. The Bertz CT molecular complexity index is 1660. The molecule has 0 spiro atoms. The van der Waals surface area contributed by atoms with Crippen molar-refractivity contribution in [1.82, 2.24) is 9.55 Å². The van der Waals surface area contributed by atoms with Crippen molar-refractivity contribution in [3.05, 3.63) is 93.3 Å². The summed E-state index contributed by atoms with van der Waals surface area (Å²) >= 11 is 0. The average molecular weight is 527 g/mol. The van der Waals surface area contributed by atoms with Gasteiger partial charge in [-0.1, -0.05) is 31.9 Å². The van der Waals surface area contributed by atoms with Gasteiger partial charge in [0.25, 0.3) is 5.56 Å². The number of H-pyrrole nitrogens is 1. The number of ether oxygens (including phenoxy) is 1. The van der Waals surface area contributed by atoms with Gasteiger partial charge >= 0.3 is 0 Å². The Balaban J connectivity index is 1.46. The second-order valence-corrected chi connectivity index (χ2v) is 10.7. The van der Waals surface area contributed by atoms with Crippen LogP contribution in [0.2, 0.25) is 0 Å². The fourth-order valence-electron chi connectivity index (χ4n) is 5.39. The van der Waals surface area contributed by atoms with Crippen LogP contribution in [0.4, 0.5) is 10.1 Å². The Morgan fingerprint density at radius 2 is 1.95 bits per heavy atom. The second-order valence-electron chi connectivity index (χ2n) is 10.7. The van der Waals surface area contributed by atoms with E-state index in [0.29, 0.717) is 48.6 Å². The number of hydrogen-bond donors (Lipinski definition) is 2. The monoisotopic (exact) mass is 526 g/mol. The van der Waals surface area contributed by atoms with Crippen LogP contribution in [0.15, 0.2) is 59.5 Å². The van der Waals surface area contributed by atoms with Crippen LogP contribution in [-0.4, -0.2) is 35.2 Å². The fraction of sp³-hybridized carbons (Fsp3) is 0.290. The number of nitrogens with two attached hydrogens (primary N) is 1. The van der Waals surface area contributed by atoms with Crippen molar-refractivity contribution in [2.24, 2.45) is 5.73 Å². The van der Waals surface area contributed by atoms with Gasteiger partial charge in [-0.25, -0.2) is 4.39 Å². The molecule has 3 heterocycles. The highest BCUT2D eigenvalue weighted by Crippen LogP contribution is 2.39. The molecule has 1 amide bonds. The maximum absolute atomic E-state index is 13.8. The first-order chi connectivity index (χ1) is 18.6. The molecule has 0 aliphatic carbocycles. The molecule has 0 saturated heterocycles. The zero-order valence-electron chi connectivity index (χ0n) is 22.3. The van der Waals surface area contributed by atoms with Crippen molar-refractivity contribution < 1.29 is 13.9 Å². The highest BCUT2D eigenvalue weighted by Gasteiger charge is 2.41. The Morgan fingerprint density at radius 3 is 2.64 bits per heavy atom. The van der Waals surface area contributed by atoms with E-state index in [2.05, 4.69) is 10.9 Å². The van der Waals surface area contributed by atoms with E-state index in [-0.39, 0.29) is 17.3 Å². The molecule has 200 valence electrons. The van der Waals surface area contributed by atoms with Crippen LogP contribution in [-0.2, 0) is 29.6 Å². The number of aromatic nitrogens is 2. The molecule has 0 radical (unpaired) electrons. The molecular weight excluding hydrogens is 495 g/mol. The van der Waals surface area contributed by atoms with E-state index in [1.165, 1.54) is 12.1 Å². The average Bonchev–Trinajstić information content (AvgIpc) is 3.38. The molecule has 8 heteroatoms. The van der Waals surface area contributed by atoms with Gasteiger partial charge in [-0.15, -0.1) is 6.42 Å². The molecule has 7 nitrogen and oxygen atoms in total. The summed E-state index contributed by atoms with van der Waals surface area (Å²) in [5, 5.41) is 0.931. The van der Waals surface area contributed by atoms with Gasteiger partial charge in [0.05, 0.1) is 25.4 Å². The second kappa shape index (κ2) is 10.1. The highest BCUT2D eigenvalue weighted by molar-refractivity contribution is 6.00. The van der Waals surface area contributed by atoms with Gasteiger partial charge in [-0.05, 0) is 53.9 Å². The van der Waals surface area contributed by atoms with Crippen LogP contribution in [0.3, 0.4) is 0 Å². The molecule has 3 N–H and O–H groups in total. The SMILES string of the molecule is C#CCn1cc(C[C@H](N)C(=O)N2CC(C)(C)c3[nH]c(=O)c(Cc4ccc(F)cc4)cc32)c2cc(OC)ccc21. The summed E-state index contributed by atoms with van der Waals surface area (Å²) in [4.78, 5) is 31.4. The van der Waals surface area contributed by atoms with Gasteiger partial charge in [-0.3, -0.25) is 9.59 Å². The molecular formula is C31H31FN4O3. The number of nitrogens with zero attached hydrogens (tertiary/aromatic N) is 2. The number of amides is 1. The molecule has 1 aliphatic rings. The maximum Gasteiger partial charge on any atom is 0.251 e. The first-order valence-corrected chi connectivity index (χ1v) is 12.8. The number of halogens is 1. The summed E-state index contributed by atoms with van der Waals surface area (Å²) in [7, 11) is 1.61. The third-order valence-corrected chi connectivity index (χ3v) is 7.38. The summed E-state index contributed by atoms with van der Waals surface area (Å²) in [5.41, 5.74) is 10.3. The van der Waals surface area contributed by atoms with E-state index in [4.69, 9.17) is 16.9 Å². The molecule has 1 atom stereocenters. The number of hydrogen-bond acceptors (Lipinski definition) is 4. The van der Waals surface area contributed by atoms with Crippen molar-refractivity contribution in [1.29, 1.82) is 0 Å². The fourth-order valence-corrected chi connectivity index (χ4v) is 5.39. The number of anilines is 1. The van der Waals surface area contributed by atoms with Crippen LogP contribution < -0.4 is 20.9 Å². The van der Waals surface area contributed by atoms with Gasteiger partial charge in [0.1, 0.15) is 11.6 Å². The third kappa shape index (κ3) is 4.93. The number of carbonyl (C=O) groups excluding carboxylic acids is 1. The smallest absolute Gasteiger partial charge is 0.251 e. The minimum absolute atomic E-state index is 0.222. The zero-order valence-corrected chi connectivity index (χ0v) is 22.3. The molecule has 0 bridgehead atoms. The van der Waals surface area contributed by atoms with Gasteiger partial charge in [0, 0.05) is 46.7 Å². The predicted octanol–water partition coefficient (Wildman–Crippen LogP) is 3.90. The Hall–Kier alpha value is -4.35. The van der Waals surface area contributed by atoms with E-state index in [1.807, 2.05) is 42.8 Å². The largest absolute Gasteiger partial charge is 0.497 e. The van der Waals surface area contributed by atoms with Crippen molar-refractivity contribution >= 4 is 22.5 Å². The third-order valence-electron chi connectivity index (χ3n) is 7.38. The number of methoxy groups -OCH3 is 1. The van der Waals surface area contributed by atoms with Crippen LogP contribution in [0.5, 0.6) is 5.75 Å². The van der Waals surface area contributed by atoms with E-state index < -0.39 is 11.5 Å². The number of pyridine rings is 1. The van der Waals surface area contributed by atoms with Crippen molar-refractivity contribution in [2.75, 3.05) is 18.6 Å². The lowest BCUT2D eigenvalue weighted by molar-refractivity contribution is -0.119. The first-order valence-electron chi connectivity index (χ1n) is 12.8. The molecule has 2 aromatic heterocycles. The lowest BCUT2D eigenvalue weighted by Crippen LogP contribution is -2.46. The zero-order chi connectivity index (χ0) is 27.9. The van der Waals surface area contributed by atoms with Crippen LogP contribution >= 0.6 is 0 Å². The van der Waals surface area contributed by atoms with E-state index in [9.17, 15) is 14.0 Å². The molecule has 0 fully saturated rings. The Morgan fingerprint density at radius 1 is 1.21 bits per heavy atom.